The van der Waals surface area contributed by atoms with Gasteiger partial charge in [0.1, 0.15) is 0 Å². The van der Waals surface area contributed by atoms with Crippen LogP contribution in [0, 0.1) is 13.8 Å². The summed E-state index contributed by atoms with van der Waals surface area (Å²) in [6, 6.07) is 17.3. The number of rotatable bonds is 7. The van der Waals surface area contributed by atoms with E-state index < -0.39 is 10.0 Å². The van der Waals surface area contributed by atoms with Crippen molar-refractivity contribution in [2.75, 3.05) is 11.3 Å². The summed E-state index contributed by atoms with van der Waals surface area (Å²) in [7, 11) is -3.82. The zero-order chi connectivity index (χ0) is 20.9. The Morgan fingerprint density at radius 1 is 1.00 bits per heavy atom. The third-order valence-corrected chi connectivity index (χ3v) is 5.96. The van der Waals surface area contributed by atoms with Crippen LogP contribution < -0.4 is 10.0 Å². The summed E-state index contributed by atoms with van der Waals surface area (Å²) in [5.74, 6) is -0.326. The molecular formula is C22H23N3O3S. The van der Waals surface area contributed by atoms with Crippen molar-refractivity contribution in [1.29, 1.82) is 0 Å². The van der Waals surface area contributed by atoms with Crippen molar-refractivity contribution in [1.82, 2.24) is 10.3 Å². The normalized spacial score (nSPS) is 11.1. The summed E-state index contributed by atoms with van der Waals surface area (Å²) in [4.78, 5) is 16.8. The highest BCUT2D eigenvalue weighted by Crippen LogP contribution is 2.21. The molecule has 0 aliphatic rings. The molecule has 0 saturated carbocycles. The molecule has 0 saturated heterocycles. The molecule has 6 nitrogen and oxygen atoms in total. The number of sulfonamides is 1. The van der Waals surface area contributed by atoms with Crippen LogP contribution in [0.1, 0.15) is 27.2 Å². The minimum Gasteiger partial charge on any atom is -0.352 e. The van der Waals surface area contributed by atoms with Crippen LogP contribution in [-0.2, 0) is 16.4 Å². The number of aryl methyl sites for hydroxylation is 2. The SMILES string of the molecule is Cc1ccc(NS(=O)(=O)c2cc(C(=O)NCCc3ccccn3)ccc2C)cc1. The molecule has 2 aromatic carbocycles. The second kappa shape index (κ2) is 8.87. The second-order valence-corrected chi connectivity index (χ2v) is 8.43. The van der Waals surface area contributed by atoms with Gasteiger partial charge in [-0.3, -0.25) is 14.5 Å². The van der Waals surface area contributed by atoms with Crippen LogP contribution in [0.2, 0.25) is 0 Å². The smallest absolute Gasteiger partial charge is 0.262 e. The van der Waals surface area contributed by atoms with Crippen molar-refractivity contribution >= 4 is 21.6 Å². The highest BCUT2D eigenvalue weighted by atomic mass is 32.2. The largest absolute Gasteiger partial charge is 0.352 e. The van der Waals surface area contributed by atoms with Gasteiger partial charge in [0.25, 0.3) is 15.9 Å². The molecule has 1 amide bonds. The van der Waals surface area contributed by atoms with Gasteiger partial charge in [-0.05, 0) is 55.8 Å². The Balaban J connectivity index is 1.72. The van der Waals surface area contributed by atoms with Crippen molar-refractivity contribution in [3.63, 3.8) is 0 Å². The first-order valence-corrected chi connectivity index (χ1v) is 10.7. The van der Waals surface area contributed by atoms with E-state index in [0.29, 0.717) is 29.8 Å². The van der Waals surface area contributed by atoms with E-state index in [4.69, 9.17) is 0 Å². The molecule has 7 heteroatoms. The molecule has 29 heavy (non-hydrogen) atoms. The number of nitrogens with one attached hydrogen (secondary N) is 2. The first-order valence-electron chi connectivity index (χ1n) is 9.23. The molecule has 0 aliphatic heterocycles. The van der Waals surface area contributed by atoms with Crippen LogP contribution in [0.25, 0.3) is 0 Å². The van der Waals surface area contributed by atoms with Crippen LogP contribution in [0.3, 0.4) is 0 Å². The monoisotopic (exact) mass is 409 g/mol. The van der Waals surface area contributed by atoms with E-state index in [1.165, 1.54) is 6.07 Å². The lowest BCUT2D eigenvalue weighted by Crippen LogP contribution is -2.26. The Hall–Kier alpha value is -3.19. The van der Waals surface area contributed by atoms with E-state index in [2.05, 4.69) is 15.0 Å². The molecule has 0 aliphatic carbocycles. The molecule has 0 atom stereocenters. The molecule has 0 unspecified atom stereocenters. The predicted molar refractivity (Wildman–Crippen MR) is 113 cm³/mol. The Labute approximate surface area is 171 Å². The van der Waals surface area contributed by atoms with E-state index in [0.717, 1.165) is 11.3 Å². The third kappa shape index (κ3) is 5.42. The lowest BCUT2D eigenvalue weighted by molar-refractivity contribution is 0.0954. The fraction of sp³-hybridized carbons (Fsp3) is 0.182. The van der Waals surface area contributed by atoms with E-state index in [9.17, 15) is 13.2 Å². The maximum absolute atomic E-state index is 12.8. The molecular weight excluding hydrogens is 386 g/mol. The number of hydrogen-bond donors (Lipinski definition) is 2. The fourth-order valence-corrected chi connectivity index (χ4v) is 4.15. The summed E-state index contributed by atoms with van der Waals surface area (Å²) < 4.78 is 28.2. The van der Waals surface area contributed by atoms with E-state index in [-0.39, 0.29) is 10.8 Å². The predicted octanol–water partition coefficient (Wildman–Crippen LogP) is 3.47. The Bertz CT molecular complexity index is 1100. The molecule has 3 aromatic rings. The van der Waals surface area contributed by atoms with Gasteiger partial charge < -0.3 is 5.32 Å². The zero-order valence-electron chi connectivity index (χ0n) is 16.3. The van der Waals surface area contributed by atoms with Crippen LogP contribution in [0.5, 0.6) is 0 Å². The van der Waals surface area contributed by atoms with E-state index in [1.54, 1.807) is 37.4 Å². The van der Waals surface area contributed by atoms with Crippen molar-refractivity contribution in [2.24, 2.45) is 0 Å². The van der Waals surface area contributed by atoms with Crippen molar-refractivity contribution in [3.05, 3.63) is 89.2 Å². The molecule has 0 fully saturated rings. The van der Waals surface area contributed by atoms with E-state index >= 15 is 0 Å². The maximum atomic E-state index is 12.8. The molecule has 2 N–H and O–H groups in total. The lowest BCUT2D eigenvalue weighted by Gasteiger charge is -2.12. The van der Waals surface area contributed by atoms with Crippen LogP contribution in [0.15, 0.2) is 71.8 Å². The average Bonchev–Trinajstić information content (AvgIpc) is 2.70. The molecule has 0 spiro atoms. The van der Waals surface area contributed by atoms with Crippen LogP contribution in [0.4, 0.5) is 5.69 Å². The number of amides is 1. The topological polar surface area (TPSA) is 88.2 Å². The first kappa shape index (κ1) is 20.5. The van der Waals surface area contributed by atoms with Gasteiger partial charge in [0.05, 0.1) is 4.90 Å². The number of anilines is 1. The number of nitrogens with zero attached hydrogens (tertiary/aromatic N) is 1. The number of hydrogen-bond acceptors (Lipinski definition) is 4. The summed E-state index contributed by atoms with van der Waals surface area (Å²) in [6.07, 6.45) is 2.30. The standard InChI is InChI=1S/C22H23N3O3S/c1-16-6-10-20(11-7-16)25-29(27,28)21-15-18(9-8-17(21)2)22(26)24-14-12-19-5-3-4-13-23-19/h3-11,13,15,25H,12,14H2,1-2H3,(H,24,26). The second-order valence-electron chi connectivity index (χ2n) is 6.78. The highest BCUT2D eigenvalue weighted by Gasteiger charge is 2.19. The zero-order valence-corrected chi connectivity index (χ0v) is 17.2. The summed E-state index contributed by atoms with van der Waals surface area (Å²) in [5, 5.41) is 2.81. The number of pyridine rings is 1. The van der Waals surface area contributed by atoms with E-state index in [1.807, 2.05) is 37.3 Å². The van der Waals surface area contributed by atoms with Gasteiger partial charge in [-0.2, -0.15) is 0 Å². The van der Waals surface area contributed by atoms with Crippen molar-refractivity contribution in [3.8, 4) is 0 Å². The van der Waals surface area contributed by atoms with Crippen LogP contribution >= 0.6 is 0 Å². The van der Waals surface area contributed by atoms with Gasteiger partial charge in [-0.1, -0.05) is 29.8 Å². The number of benzene rings is 2. The van der Waals surface area contributed by atoms with Gasteiger partial charge >= 0.3 is 0 Å². The minimum atomic E-state index is -3.82. The first-order chi connectivity index (χ1) is 13.8. The molecule has 150 valence electrons. The summed E-state index contributed by atoms with van der Waals surface area (Å²) in [5.41, 5.74) is 3.24. The summed E-state index contributed by atoms with van der Waals surface area (Å²) >= 11 is 0. The van der Waals surface area contributed by atoms with Crippen molar-refractivity contribution in [2.45, 2.75) is 25.2 Å². The Kier molecular flexibility index (Phi) is 6.29. The quantitative estimate of drug-likeness (QED) is 0.625. The molecule has 1 heterocycles. The van der Waals surface area contributed by atoms with Gasteiger partial charge in [0.2, 0.25) is 0 Å². The lowest BCUT2D eigenvalue weighted by atomic mass is 10.1. The Morgan fingerprint density at radius 3 is 2.45 bits per heavy atom. The number of aromatic nitrogens is 1. The summed E-state index contributed by atoms with van der Waals surface area (Å²) in [6.45, 7) is 4.04. The fourth-order valence-electron chi connectivity index (χ4n) is 2.81. The number of carbonyl (C=O) groups is 1. The van der Waals surface area contributed by atoms with Crippen molar-refractivity contribution < 1.29 is 13.2 Å². The molecule has 1 aromatic heterocycles. The van der Waals surface area contributed by atoms with Gasteiger partial charge in [0.15, 0.2) is 0 Å². The minimum absolute atomic E-state index is 0.0791. The van der Waals surface area contributed by atoms with Gasteiger partial charge in [-0.15, -0.1) is 0 Å². The molecule has 0 bridgehead atoms. The van der Waals surface area contributed by atoms with Crippen LogP contribution in [-0.4, -0.2) is 25.9 Å². The number of carbonyl (C=O) groups excluding carboxylic acids is 1. The highest BCUT2D eigenvalue weighted by molar-refractivity contribution is 7.92. The Morgan fingerprint density at radius 2 is 1.76 bits per heavy atom. The average molecular weight is 410 g/mol. The third-order valence-electron chi connectivity index (χ3n) is 4.44. The molecule has 3 rings (SSSR count). The van der Waals surface area contributed by atoms with Gasteiger partial charge in [-0.25, -0.2) is 8.42 Å². The molecule has 0 radical (unpaired) electrons. The van der Waals surface area contributed by atoms with Gasteiger partial charge in [0, 0.05) is 36.1 Å². The maximum Gasteiger partial charge on any atom is 0.262 e.